The van der Waals surface area contributed by atoms with Gasteiger partial charge in [0.2, 0.25) is 17.8 Å². The lowest BCUT2D eigenvalue weighted by Gasteiger charge is -2.29. The minimum Gasteiger partial charge on any atom is -0.394 e. The first-order valence-electron chi connectivity index (χ1n) is 10.9. The Kier molecular flexibility index (Phi) is 7.07. The summed E-state index contributed by atoms with van der Waals surface area (Å²) in [5, 5.41) is 25.2. The number of carbonyl (C=O) groups excluding carboxylic acids is 1. The number of rotatable bonds is 7. The first-order chi connectivity index (χ1) is 16.3. The van der Waals surface area contributed by atoms with Gasteiger partial charge in [-0.1, -0.05) is 23.2 Å². The molecule has 0 aliphatic heterocycles. The van der Waals surface area contributed by atoms with Gasteiger partial charge >= 0.3 is 0 Å². The van der Waals surface area contributed by atoms with Crippen LogP contribution in [0.15, 0.2) is 18.3 Å². The third-order valence-electron chi connectivity index (χ3n) is 6.00. The van der Waals surface area contributed by atoms with Crippen LogP contribution in [0.1, 0.15) is 44.2 Å². The van der Waals surface area contributed by atoms with E-state index >= 15 is 0 Å². The summed E-state index contributed by atoms with van der Waals surface area (Å²) in [6.45, 7) is 1.75. The number of imidazole rings is 1. The maximum Gasteiger partial charge on any atom is 0.225 e. The number of primary amides is 1. The normalized spacial score (nSPS) is 18.9. The summed E-state index contributed by atoms with van der Waals surface area (Å²) in [5.74, 6) is 0.429. The second-order valence-electron chi connectivity index (χ2n) is 8.37. The maximum atomic E-state index is 11.7. The van der Waals surface area contributed by atoms with Gasteiger partial charge in [-0.05, 0) is 44.7 Å². The average molecular weight is 503 g/mol. The third kappa shape index (κ3) is 4.73. The van der Waals surface area contributed by atoms with Gasteiger partial charge in [-0.25, -0.2) is 9.97 Å². The number of amides is 1. The Hall–Kier alpha value is -3.13. The second-order valence-corrected chi connectivity index (χ2v) is 9.13. The van der Waals surface area contributed by atoms with Crippen LogP contribution in [-0.4, -0.2) is 43.2 Å². The van der Waals surface area contributed by atoms with Crippen molar-refractivity contribution in [1.29, 1.82) is 5.26 Å². The van der Waals surface area contributed by atoms with Gasteiger partial charge in [-0.2, -0.15) is 10.2 Å². The Bertz CT molecular complexity index is 1260. The fourth-order valence-electron chi connectivity index (χ4n) is 4.13. The van der Waals surface area contributed by atoms with Gasteiger partial charge in [0.15, 0.2) is 5.65 Å². The summed E-state index contributed by atoms with van der Waals surface area (Å²) in [6.07, 6.45) is 4.38. The predicted molar refractivity (Wildman–Crippen MR) is 130 cm³/mol. The van der Waals surface area contributed by atoms with E-state index in [-0.39, 0.29) is 46.1 Å². The van der Waals surface area contributed by atoms with Crippen LogP contribution in [0.2, 0.25) is 10.0 Å². The number of aliphatic hydroxyl groups excluding tert-OH is 1. The zero-order valence-corrected chi connectivity index (χ0v) is 19.9. The molecule has 1 unspecified atom stereocenters. The van der Waals surface area contributed by atoms with Crippen LogP contribution < -0.4 is 16.4 Å². The molecule has 1 amide bonds. The van der Waals surface area contributed by atoms with Crippen molar-refractivity contribution in [3.8, 4) is 6.07 Å². The van der Waals surface area contributed by atoms with E-state index in [0.717, 1.165) is 12.8 Å². The maximum absolute atomic E-state index is 11.7. The molecule has 1 aliphatic rings. The van der Waals surface area contributed by atoms with Crippen LogP contribution in [0, 0.1) is 17.2 Å². The quantitative estimate of drug-likeness (QED) is 0.380. The lowest BCUT2D eigenvalue weighted by Crippen LogP contribution is -2.29. The number of aromatic nitrogens is 4. The van der Waals surface area contributed by atoms with Gasteiger partial charge in [-0.3, -0.25) is 9.36 Å². The monoisotopic (exact) mass is 502 g/mol. The summed E-state index contributed by atoms with van der Waals surface area (Å²) in [5.41, 5.74) is 7.45. The molecule has 1 atom stereocenters. The van der Waals surface area contributed by atoms with E-state index in [1.807, 2.05) is 17.6 Å². The minimum atomic E-state index is -0.280. The molecule has 178 valence electrons. The molecular weight excluding hydrogens is 479 g/mol. The average Bonchev–Trinajstić information content (AvgIpc) is 3.19. The van der Waals surface area contributed by atoms with Crippen molar-refractivity contribution in [2.75, 3.05) is 17.2 Å². The second kappa shape index (κ2) is 10.0. The lowest BCUT2D eigenvalue weighted by molar-refractivity contribution is -0.122. The molecule has 34 heavy (non-hydrogen) atoms. The highest BCUT2D eigenvalue weighted by Gasteiger charge is 2.29. The molecule has 3 aromatic rings. The number of benzene rings is 1. The molecule has 1 saturated carbocycles. The standard InChI is InChI=1S/C22H24Cl2N8O2/c1-11(10-33)28-21-27-9-16-20(31-21)32(14-5-2-12(3-6-14)19(26)34)22(30-16)29-15-7-4-13(8-25)17(23)18(15)24/h4,7,9,11-12,14,33H,2-3,5-6,10H2,1H3,(H2,26,34)(H,29,30)(H,27,28,31). The summed E-state index contributed by atoms with van der Waals surface area (Å²) in [4.78, 5) is 25.3. The molecular formula is C22H24Cl2N8O2. The van der Waals surface area contributed by atoms with Crippen LogP contribution in [0.5, 0.6) is 0 Å². The molecule has 0 bridgehead atoms. The number of nitriles is 1. The van der Waals surface area contributed by atoms with Crippen LogP contribution in [0.4, 0.5) is 17.6 Å². The number of nitrogens with one attached hydrogen (secondary N) is 2. The molecule has 1 fully saturated rings. The van der Waals surface area contributed by atoms with Crippen LogP contribution in [0.3, 0.4) is 0 Å². The van der Waals surface area contributed by atoms with Gasteiger partial charge < -0.3 is 21.5 Å². The van der Waals surface area contributed by atoms with E-state index in [2.05, 4.69) is 25.6 Å². The molecule has 0 saturated heterocycles. The van der Waals surface area contributed by atoms with Crippen molar-refractivity contribution in [1.82, 2.24) is 19.5 Å². The van der Waals surface area contributed by atoms with Crippen molar-refractivity contribution in [2.24, 2.45) is 11.7 Å². The van der Waals surface area contributed by atoms with E-state index in [1.165, 1.54) is 0 Å². The van der Waals surface area contributed by atoms with Crippen LogP contribution >= 0.6 is 23.2 Å². The first-order valence-corrected chi connectivity index (χ1v) is 11.6. The Morgan fingerprint density at radius 3 is 2.68 bits per heavy atom. The van der Waals surface area contributed by atoms with Crippen molar-refractivity contribution in [3.05, 3.63) is 33.9 Å². The highest BCUT2D eigenvalue weighted by atomic mass is 35.5. The number of anilines is 3. The van der Waals surface area contributed by atoms with E-state index in [0.29, 0.717) is 41.6 Å². The topological polar surface area (TPSA) is 155 Å². The molecule has 12 heteroatoms. The Balaban J connectivity index is 1.76. The molecule has 1 aromatic carbocycles. The fourth-order valence-corrected chi connectivity index (χ4v) is 4.55. The zero-order valence-electron chi connectivity index (χ0n) is 18.4. The zero-order chi connectivity index (χ0) is 24.4. The van der Waals surface area contributed by atoms with E-state index in [1.54, 1.807) is 18.3 Å². The predicted octanol–water partition coefficient (Wildman–Crippen LogP) is 3.76. The molecule has 2 heterocycles. The molecule has 4 rings (SSSR count). The van der Waals surface area contributed by atoms with Gasteiger partial charge in [0, 0.05) is 18.0 Å². The summed E-state index contributed by atoms with van der Waals surface area (Å²) >= 11 is 12.7. The number of halogens is 2. The third-order valence-corrected chi connectivity index (χ3v) is 6.88. The molecule has 2 aromatic heterocycles. The molecule has 5 N–H and O–H groups in total. The summed E-state index contributed by atoms with van der Waals surface area (Å²) < 4.78 is 1.98. The molecule has 1 aliphatic carbocycles. The summed E-state index contributed by atoms with van der Waals surface area (Å²) in [7, 11) is 0. The highest BCUT2D eigenvalue weighted by Crippen LogP contribution is 2.39. The van der Waals surface area contributed by atoms with Gasteiger partial charge in [0.1, 0.15) is 11.6 Å². The molecule has 10 nitrogen and oxygen atoms in total. The Labute approximate surface area is 206 Å². The lowest BCUT2D eigenvalue weighted by atomic mass is 9.85. The number of nitrogens with two attached hydrogens (primary N) is 1. The van der Waals surface area contributed by atoms with Crippen LogP contribution in [0.25, 0.3) is 11.2 Å². The van der Waals surface area contributed by atoms with Gasteiger partial charge in [-0.15, -0.1) is 0 Å². The van der Waals surface area contributed by atoms with Crippen molar-refractivity contribution >= 4 is 57.9 Å². The Morgan fingerprint density at radius 2 is 2.03 bits per heavy atom. The molecule has 0 spiro atoms. The minimum absolute atomic E-state index is 0.00810. The number of hydrogen-bond acceptors (Lipinski definition) is 8. The van der Waals surface area contributed by atoms with Crippen molar-refractivity contribution in [3.63, 3.8) is 0 Å². The van der Waals surface area contributed by atoms with Crippen LogP contribution in [-0.2, 0) is 4.79 Å². The van der Waals surface area contributed by atoms with Gasteiger partial charge in [0.25, 0.3) is 0 Å². The van der Waals surface area contributed by atoms with E-state index in [4.69, 9.17) is 28.9 Å². The van der Waals surface area contributed by atoms with E-state index < -0.39 is 0 Å². The number of carbonyl (C=O) groups is 1. The van der Waals surface area contributed by atoms with Crippen molar-refractivity contribution < 1.29 is 9.90 Å². The largest absolute Gasteiger partial charge is 0.394 e. The highest BCUT2D eigenvalue weighted by molar-refractivity contribution is 6.44. The van der Waals surface area contributed by atoms with E-state index in [9.17, 15) is 15.2 Å². The number of fused-ring (bicyclic) bond motifs is 1. The summed E-state index contributed by atoms with van der Waals surface area (Å²) in [6, 6.07) is 5.04. The number of aliphatic hydroxyl groups is 1. The number of hydrogen-bond donors (Lipinski definition) is 4. The van der Waals surface area contributed by atoms with Gasteiger partial charge in [0.05, 0.1) is 34.1 Å². The first kappa shape index (κ1) is 24.0. The fraction of sp³-hybridized carbons (Fsp3) is 0.409. The molecule has 0 radical (unpaired) electrons. The Morgan fingerprint density at radius 1 is 1.29 bits per heavy atom. The smallest absolute Gasteiger partial charge is 0.225 e. The van der Waals surface area contributed by atoms with Crippen molar-refractivity contribution in [2.45, 2.75) is 44.7 Å². The SMILES string of the molecule is CC(CO)Nc1ncc2nc(Nc3ccc(C#N)c(Cl)c3Cl)n(C3CCC(C(N)=O)CC3)c2n1. The number of nitrogens with zero attached hydrogens (tertiary/aromatic N) is 5.